The lowest BCUT2D eigenvalue weighted by molar-refractivity contribution is 0.0592. The highest BCUT2D eigenvalue weighted by molar-refractivity contribution is 5.93. The van der Waals surface area contributed by atoms with Crippen LogP contribution in [0.15, 0.2) is 182 Å². The molecule has 5 heteroatoms. The highest BCUT2D eigenvalue weighted by atomic mass is 16.5. The van der Waals surface area contributed by atoms with Gasteiger partial charge in [-0.25, -0.2) is 9.59 Å². The van der Waals surface area contributed by atoms with Crippen molar-refractivity contribution < 1.29 is 23.8 Å². The maximum atomic E-state index is 11.6. The molecule has 1 fully saturated rings. The number of carbonyl (C=O) groups excluding carboxylic acids is 2. The van der Waals surface area contributed by atoms with Crippen LogP contribution in [0.5, 0.6) is 0 Å². The third-order valence-corrected chi connectivity index (χ3v) is 10.7. The van der Waals surface area contributed by atoms with Crippen molar-refractivity contribution in [3.63, 3.8) is 0 Å². The van der Waals surface area contributed by atoms with Gasteiger partial charge in [0, 0.05) is 13.2 Å². The fourth-order valence-corrected chi connectivity index (χ4v) is 7.21. The summed E-state index contributed by atoms with van der Waals surface area (Å²) < 4.78 is 14.5. The third kappa shape index (κ3) is 11.8. The SMILES string of the molecule is C1CCOC1.COC(=O)c1ccc(-c2ccc3cc(C=Cc4ccccc4)ccc3c2)cc1.COC(=O)c1ccc(-c2ccc3cc(CCc4ccccc4)ccc3c2)cc1. The van der Waals surface area contributed by atoms with E-state index >= 15 is 0 Å². The smallest absolute Gasteiger partial charge is 0.337 e. The second-order valence-electron chi connectivity index (χ2n) is 14.9. The van der Waals surface area contributed by atoms with Gasteiger partial charge in [-0.05, 0) is 134 Å². The molecule has 0 radical (unpaired) electrons. The molecular weight excluding hydrogens is 753 g/mol. The van der Waals surface area contributed by atoms with Crippen molar-refractivity contribution in [2.75, 3.05) is 27.4 Å². The minimum absolute atomic E-state index is 0.312. The summed E-state index contributed by atoms with van der Waals surface area (Å²) in [5.41, 5.74) is 10.6. The number of esters is 2. The van der Waals surface area contributed by atoms with Crippen LogP contribution in [0.2, 0.25) is 0 Å². The average molecular weight is 803 g/mol. The average Bonchev–Trinajstić information content (AvgIpc) is 3.94. The lowest BCUT2D eigenvalue weighted by atomic mass is 9.97. The standard InChI is InChI=1S/C26H22O2.C26H20O2.C4H8O/c2*1-28-26(27)22-13-11-21(12-14-22)24-16-15-23-17-20(9-10-25(23)18-24)8-7-19-5-3-2-4-6-19;1-2-4-5-3-1/h2-6,9-18H,7-8H2,1H3;2-18H,1H3;1-4H2. The summed E-state index contributed by atoms with van der Waals surface area (Å²) in [6.45, 7) is 2.00. The zero-order valence-corrected chi connectivity index (χ0v) is 34.8. The second kappa shape index (κ2) is 21.3. The van der Waals surface area contributed by atoms with Crippen molar-refractivity contribution in [2.45, 2.75) is 25.7 Å². The molecule has 0 atom stereocenters. The van der Waals surface area contributed by atoms with Gasteiger partial charge in [0.2, 0.25) is 0 Å². The molecule has 0 aliphatic carbocycles. The van der Waals surface area contributed by atoms with Crippen molar-refractivity contribution in [2.24, 2.45) is 0 Å². The Morgan fingerprint density at radius 3 is 1.41 bits per heavy atom. The first kappa shape index (κ1) is 42.1. The molecule has 0 spiro atoms. The predicted molar refractivity (Wildman–Crippen MR) is 251 cm³/mol. The quantitative estimate of drug-likeness (QED) is 0.107. The largest absolute Gasteiger partial charge is 0.465 e. The number of rotatable bonds is 9. The zero-order valence-electron chi connectivity index (χ0n) is 34.8. The summed E-state index contributed by atoms with van der Waals surface area (Å²) in [5, 5.41) is 4.86. The van der Waals surface area contributed by atoms with Crippen LogP contribution in [0.1, 0.15) is 55.8 Å². The molecule has 1 aliphatic rings. The molecule has 61 heavy (non-hydrogen) atoms. The van der Waals surface area contributed by atoms with E-state index in [2.05, 4.69) is 127 Å². The molecule has 5 nitrogen and oxygen atoms in total. The molecule has 1 heterocycles. The molecule has 1 saturated heterocycles. The number of aryl methyl sites for hydroxylation is 2. The number of ether oxygens (including phenoxy) is 3. The summed E-state index contributed by atoms with van der Waals surface area (Å²) in [5.74, 6) is -0.630. The molecular formula is C56H50O5. The third-order valence-electron chi connectivity index (χ3n) is 10.7. The van der Waals surface area contributed by atoms with Gasteiger partial charge in [0.1, 0.15) is 0 Å². The number of hydrogen-bond donors (Lipinski definition) is 0. The van der Waals surface area contributed by atoms with Gasteiger partial charge in [-0.15, -0.1) is 0 Å². The molecule has 0 aromatic heterocycles. The van der Waals surface area contributed by atoms with Crippen molar-refractivity contribution in [1.29, 1.82) is 0 Å². The summed E-state index contributed by atoms with van der Waals surface area (Å²) in [4.78, 5) is 23.2. The Labute approximate surface area is 358 Å². The fourth-order valence-electron chi connectivity index (χ4n) is 7.21. The van der Waals surface area contributed by atoms with E-state index in [0.717, 1.165) is 48.3 Å². The minimum Gasteiger partial charge on any atom is -0.465 e. The van der Waals surface area contributed by atoms with E-state index in [4.69, 9.17) is 14.2 Å². The van der Waals surface area contributed by atoms with Gasteiger partial charge in [0.05, 0.1) is 25.3 Å². The second-order valence-corrected chi connectivity index (χ2v) is 14.9. The van der Waals surface area contributed by atoms with Crippen LogP contribution in [0, 0.1) is 0 Å². The Balaban J connectivity index is 0.000000165. The molecule has 1 aliphatic heterocycles. The highest BCUT2D eigenvalue weighted by Crippen LogP contribution is 2.28. The van der Waals surface area contributed by atoms with Crippen LogP contribution in [0.25, 0.3) is 56.0 Å². The maximum absolute atomic E-state index is 11.6. The van der Waals surface area contributed by atoms with Crippen molar-refractivity contribution in [1.82, 2.24) is 0 Å². The topological polar surface area (TPSA) is 61.8 Å². The number of carbonyl (C=O) groups is 2. The van der Waals surface area contributed by atoms with Gasteiger partial charge in [0.25, 0.3) is 0 Å². The zero-order chi connectivity index (χ0) is 42.2. The Kier molecular flexibility index (Phi) is 14.7. The molecule has 8 aromatic carbocycles. The van der Waals surface area contributed by atoms with Crippen LogP contribution >= 0.6 is 0 Å². The van der Waals surface area contributed by atoms with Gasteiger partial charge in [-0.2, -0.15) is 0 Å². The van der Waals surface area contributed by atoms with Gasteiger partial charge >= 0.3 is 11.9 Å². The lowest BCUT2D eigenvalue weighted by Crippen LogP contribution is -2.00. The van der Waals surface area contributed by atoms with Crippen molar-refractivity contribution in [3.8, 4) is 22.3 Å². The molecule has 0 unspecified atom stereocenters. The molecule has 9 rings (SSSR count). The van der Waals surface area contributed by atoms with Gasteiger partial charge in [-0.1, -0.05) is 152 Å². The predicted octanol–water partition coefficient (Wildman–Crippen LogP) is 13.3. The number of fused-ring (bicyclic) bond motifs is 2. The monoisotopic (exact) mass is 802 g/mol. The van der Waals surface area contributed by atoms with E-state index in [1.54, 1.807) is 24.3 Å². The van der Waals surface area contributed by atoms with E-state index in [9.17, 15) is 9.59 Å². The minimum atomic E-state index is -0.318. The first-order valence-electron chi connectivity index (χ1n) is 20.7. The molecule has 0 N–H and O–H groups in total. The Morgan fingerprint density at radius 2 is 0.885 bits per heavy atom. The van der Waals surface area contributed by atoms with Crippen LogP contribution in [0.4, 0.5) is 0 Å². The van der Waals surface area contributed by atoms with Gasteiger partial charge < -0.3 is 14.2 Å². The van der Waals surface area contributed by atoms with Crippen LogP contribution < -0.4 is 0 Å². The number of hydrogen-bond acceptors (Lipinski definition) is 5. The Bertz CT molecular complexity index is 2690. The van der Waals surface area contributed by atoms with Crippen LogP contribution in [0.3, 0.4) is 0 Å². The van der Waals surface area contributed by atoms with Gasteiger partial charge in [-0.3, -0.25) is 0 Å². The van der Waals surface area contributed by atoms with E-state index in [1.807, 2.05) is 42.5 Å². The van der Waals surface area contributed by atoms with Crippen LogP contribution in [-0.2, 0) is 27.1 Å². The lowest BCUT2D eigenvalue weighted by Gasteiger charge is -2.08. The molecule has 0 amide bonds. The van der Waals surface area contributed by atoms with E-state index in [-0.39, 0.29) is 11.9 Å². The van der Waals surface area contributed by atoms with E-state index in [1.165, 1.54) is 70.9 Å². The first-order chi connectivity index (χ1) is 29.9. The van der Waals surface area contributed by atoms with Crippen LogP contribution in [-0.4, -0.2) is 39.4 Å². The summed E-state index contributed by atoms with van der Waals surface area (Å²) in [6.07, 6.45) is 8.90. The molecule has 0 saturated carbocycles. The highest BCUT2D eigenvalue weighted by Gasteiger charge is 2.08. The fraction of sp³-hybridized carbons (Fsp3) is 0.143. The van der Waals surface area contributed by atoms with Gasteiger partial charge in [0.15, 0.2) is 0 Å². The number of methoxy groups -OCH3 is 2. The number of benzene rings is 8. The normalized spacial score (nSPS) is 12.0. The summed E-state index contributed by atoms with van der Waals surface area (Å²) in [6, 6.07) is 62.0. The Morgan fingerprint density at radius 1 is 0.443 bits per heavy atom. The summed E-state index contributed by atoms with van der Waals surface area (Å²) in [7, 11) is 2.79. The van der Waals surface area contributed by atoms with E-state index < -0.39 is 0 Å². The molecule has 304 valence electrons. The Hall–Kier alpha value is -7.08. The maximum Gasteiger partial charge on any atom is 0.337 e. The van der Waals surface area contributed by atoms with Crippen molar-refractivity contribution >= 4 is 45.6 Å². The molecule has 8 aromatic rings. The molecule has 0 bridgehead atoms. The van der Waals surface area contributed by atoms with Crippen molar-refractivity contribution in [3.05, 3.63) is 215 Å². The summed E-state index contributed by atoms with van der Waals surface area (Å²) >= 11 is 0. The first-order valence-corrected chi connectivity index (χ1v) is 20.7. The van der Waals surface area contributed by atoms with E-state index in [0.29, 0.717) is 11.1 Å².